The van der Waals surface area contributed by atoms with Crippen LogP contribution in [-0.2, 0) is 25.2 Å². The number of carbonyl (C=O) groups excluding carboxylic acids is 1. The van der Waals surface area contributed by atoms with E-state index in [1.807, 2.05) is 37.3 Å². The summed E-state index contributed by atoms with van der Waals surface area (Å²) in [5.41, 5.74) is 5.74. The van der Waals surface area contributed by atoms with Crippen LogP contribution in [0.2, 0.25) is 0 Å². The molecular formula is C20H20O4S. The lowest BCUT2D eigenvalue weighted by molar-refractivity contribution is -0.160. The second-order valence-corrected chi connectivity index (χ2v) is 6.52. The van der Waals surface area contributed by atoms with Gasteiger partial charge in [0.15, 0.2) is 0 Å². The van der Waals surface area contributed by atoms with E-state index in [1.54, 1.807) is 0 Å². The Bertz CT molecular complexity index is 809. The topological polar surface area (TPSA) is 44.8 Å². The average molecular weight is 356 g/mol. The standard InChI is InChI=1S/C20H20O4S/c1-4-14-5-7-15(8-6-14)19-17(12-23-20(19)21)16-9-10-18(13(2)11-16)25-24-22-3/h5-11H,4,12H2,1-3H3. The molecule has 0 saturated heterocycles. The lowest BCUT2D eigenvalue weighted by Crippen LogP contribution is -1.98. The van der Waals surface area contributed by atoms with Crippen molar-refractivity contribution in [2.75, 3.05) is 13.7 Å². The molecular weight excluding hydrogens is 336 g/mol. The van der Waals surface area contributed by atoms with Gasteiger partial charge in [0, 0.05) is 10.5 Å². The van der Waals surface area contributed by atoms with E-state index in [0.717, 1.165) is 45.6 Å². The van der Waals surface area contributed by atoms with Crippen molar-refractivity contribution in [1.82, 2.24) is 0 Å². The number of cyclic esters (lactones) is 1. The van der Waals surface area contributed by atoms with Crippen molar-refractivity contribution in [3.8, 4) is 0 Å². The summed E-state index contributed by atoms with van der Waals surface area (Å²) in [7, 11) is 1.47. The highest BCUT2D eigenvalue weighted by Crippen LogP contribution is 2.35. The Labute approximate surface area is 151 Å². The van der Waals surface area contributed by atoms with Gasteiger partial charge in [-0.3, -0.25) is 0 Å². The minimum absolute atomic E-state index is 0.266. The summed E-state index contributed by atoms with van der Waals surface area (Å²) in [5, 5.41) is 0. The van der Waals surface area contributed by atoms with Crippen LogP contribution in [0.1, 0.15) is 29.2 Å². The fraction of sp³-hybridized carbons (Fsp3) is 0.250. The van der Waals surface area contributed by atoms with Crippen LogP contribution in [0.25, 0.3) is 11.1 Å². The molecule has 1 aliphatic heterocycles. The van der Waals surface area contributed by atoms with E-state index in [2.05, 4.69) is 23.9 Å². The fourth-order valence-corrected chi connectivity index (χ4v) is 3.29. The summed E-state index contributed by atoms with van der Waals surface area (Å²) in [6.07, 6.45) is 0.971. The van der Waals surface area contributed by atoms with E-state index in [-0.39, 0.29) is 5.97 Å². The van der Waals surface area contributed by atoms with Crippen LogP contribution in [0.15, 0.2) is 47.4 Å². The van der Waals surface area contributed by atoms with Gasteiger partial charge in [0.25, 0.3) is 0 Å². The maximum absolute atomic E-state index is 12.3. The number of esters is 1. The maximum Gasteiger partial charge on any atom is 0.339 e. The molecule has 130 valence electrons. The van der Waals surface area contributed by atoms with Crippen LogP contribution < -0.4 is 0 Å². The fourth-order valence-electron chi connectivity index (χ4n) is 2.83. The third-order valence-electron chi connectivity index (χ3n) is 4.22. The molecule has 3 rings (SSSR count). The highest BCUT2D eigenvalue weighted by atomic mass is 32.2. The summed E-state index contributed by atoms with van der Waals surface area (Å²) in [6, 6.07) is 14.1. The number of hydrogen-bond donors (Lipinski definition) is 0. The van der Waals surface area contributed by atoms with Crippen LogP contribution >= 0.6 is 12.0 Å². The molecule has 0 N–H and O–H groups in total. The van der Waals surface area contributed by atoms with E-state index in [1.165, 1.54) is 12.7 Å². The van der Waals surface area contributed by atoms with Crippen molar-refractivity contribution in [3.05, 3.63) is 64.7 Å². The molecule has 5 heteroatoms. The van der Waals surface area contributed by atoms with Gasteiger partial charge in [-0.1, -0.05) is 43.3 Å². The van der Waals surface area contributed by atoms with E-state index < -0.39 is 0 Å². The minimum Gasteiger partial charge on any atom is -0.457 e. The molecule has 2 aromatic carbocycles. The number of carbonyl (C=O) groups is 1. The van der Waals surface area contributed by atoms with Gasteiger partial charge in [0.2, 0.25) is 0 Å². The summed E-state index contributed by atoms with van der Waals surface area (Å²) in [6.45, 7) is 4.40. The zero-order valence-electron chi connectivity index (χ0n) is 14.5. The van der Waals surface area contributed by atoms with E-state index >= 15 is 0 Å². The molecule has 0 saturated carbocycles. The van der Waals surface area contributed by atoms with Gasteiger partial charge < -0.3 is 4.74 Å². The lowest BCUT2D eigenvalue weighted by atomic mass is 9.95. The molecule has 1 heterocycles. The Hall–Kier alpha value is -2.08. The molecule has 0 bridgehead atoms. The van der Waals surface area contributed by atoms with Gasteiger partial charge in [0.1, 0.15) is 6.61 Å². The van der Waals surface area contributed by atoms with Gasteiger partial charge >= 0.3 is 5.97 Å². The molecule has 0 radical (unpaired) electrons. The maximum atomic E-state index is 12.3. The van der Waals surface area contributed by atoms with Crippen LogP contribution in [0.5, 0.6) is 0 Å². The molecule has 25 heavy (non-hydrogen) atoms. The van der Waals surface area contributed by atoms with Crippen molar-refractivity contribution in [3.63, 3.8) is 0 Å². The lowest BCUT2D eigenvalue weighted by Gasteiger charge is -2.09. The molecule has 0 aromatic heterocycles. The largest absolute Gasteiger partial charge is 0.457 e. The third kappa shape index (κ3) is 3.79. The van der Waals surface area contributed by atoms with Gasteiger partial charge in [-0.25, -0.2) is 9.68 Å². The number of rotatable bonds is 6. The molecule has 0 atom stereocenters. The van der Waals surface area contributed by atoms with Gasteiger partial charge in [0.05, 0.1) is 24.7 Å². The number of benzene rings is 2. The normalized spacial score (nSPS) is 14.1. The highest BCUT2D eigenvalue weighted by molar-refractivity contribution is 7.94. The van der Waals surface area contributed by atoms with Crippen LogP contribution in [0.3, 0.4) is 0 Å². The molecule has 0 amide bonds. The Morgan fingerprint density at radius 1 is 1.12 bits per heavy atom. The first-order valence-corrected chi connectivity index (χ1v) is 8.86. The van der Waals surface area contributed by atoms with E-state index in [9.17, 15) is 4.79 Å². The zero-order valence-corrected chi connectivity index (χ0v) is 15.3. The number of ether oxygens (including phenoxy) is 1. The summed E-state index contributed by atoms with van der Waals surface area (Å²) in [4.78, 5) is 17.9. The molecule has 0 unspecified atom stereocenters. The molecule has 0 fully saturated rings. The van der Waals surface area contributed by atoms with E-state index in [4.69, 9.17) is 9.07 Å². The van der Waals surface area contributed by atoms with Crippen LogP contribution in [-0.4, -0.2) is 19.7 Å². The predicted molar refractivity (Wildman–Crippen MR) is 98.7 cm³/mol. The summed E-state index contributed by atoms with van der Waals surface area (Å²) >= 11 is 1.16. The number of aryl methyl sites for hydroxylation is 2. The van der Waals surface area contributed by atoms with Crippen molar-refractivity contribution >= 4 is 29.2 Å². The third-order valence-corrected chi connectivity index (χ3v) is 5.06. The Morgan fingerprint density at radius 2 is 1.84 bits per heavy atom. The smallest absolute Gasteiger partial charge is 0.339 e. The zero-order chi connectivity index (χ0) is 17.8. The molecule has 4 nitrogen and oxygen atoms in total. The first-order valence-electron chi connectivity index (χ1n) is 8.12. The van der Waals surface area contributed by atoms with Gasteiger partial charge in [-0.15, -0.1) is 0 Å². The second-order valence-electron chi connectivity index (χ2n) is 5.78. The molecule has 0 spiro atoms. The predicted octanol–water partition coefficient (Wildman–Crippen LogP) is 4.61. The van der Waals surface area contributed by atoms with Crippen molar-refractivity contribution < 1.29 is 18.8 Å². The van der Waals surface area contributed by atoms with Crippen molar-refractivity contribution in [2.45, 2.75) is 25.2 Å². The second kappa shape index (κ2) is 7.87. The Balaban J connectivity index is 1.99. The van der Waals surface area contributed by atoms with Gasteiger partial charge in [-0.05, 0) is 41.7 Å². The minimum atomic E-state index is -0.266. The first kappa shape index (κ1) is 17.7. The average Bonchev–Trinajstić information content (AvgIpc) is 3.02. The Kier molecular flexibility index (Phi) is 5.58. The Morgan fingerprint density at radius 3 is 2.48 bits per heavy atom. The monoisotopic (exact) mass is 356 g/mol. The summed E-state index contributed by atoms with van der Waals surface area (Å²) in [5.74, 6) is -0.266. The summed E-state index contributed by atoms with van der Waals surface area (Å²) < 4.78 is 10.2. The number of hydrogen-bond acceptors (Lipinski definition) is 5. The van der Waals surface area contributed by atoms with E-state index in [0.29, 0.717) is 12.2 Å². The van der Waals surface area contributed by atoms with Crippen molar-refractivity contribution in [1.29, 1.82) is 0 Å². The molecule has 0 aliphatic carbocycles. The SMILES string of the molecule is CCc1ccc(C2=C(c3ccc(SOOC)c(C)c3)COC2=O)cc1. The van der Waals surface area contributed by atoms with Crippen LogP contribution in [0, 0.1) is 6.92 Å². The van der Waals surface area contributed by atoms with Crippen LogP contribution in [0.4, 0.5) is 0 Å². The quantitative estimate of drug-likeness (QED) is 0.327. The highest BCUT2D eigenvalue weighted by Gasteiger charge is 2.27. The van der Waals surface area contributed by atoms with Gasteiger partial charge in [-0.2, -0.15) is 4.33 Å². The first-order chi connectivity index (χ1) is 12.1. The molecule has 1 aliphatic rings. The molecule has 2 aromatic rings. The van der Waals surface area contributed by atoms with Crippen molar-refractivity contribution in [2.24, 2.45) is 0 Å².